The lowest BCUT2D eigenvalue weighted by Crippen LogP contribution is -2.44. The van der Waals surface area contributed by atoms with E-state index < -0.39 is 6.10 Å². The standard InChI is InChI=1S/C16H23ClN2O3/c1-18(10-15(21)12-2-4-13(17)5-3-12)11-16(22)19-8-6-14(20)7-9-19/h2-5,14-15,20-21H,6-11H2,1H3. The van der Waals surface area contributed by atoms with Crippen LogP contribution in [-0.4, -0.2) is 65.3 Å². The molecule has 122 valence electrons. The fourth-order valence-corrected chi connectivity index (χ4v) is 2.72. The fraction of sp³-hybridized carbons (Fsp3) is 0.562. The predicted molar refractivity (Wildman–Crippen MR) is 85.7 cm³/mol. The number of halogens is 1. The molecule has 1 aromatic rings. The van der Waals surface area contributed by atoms with Gasteiger partial charge < -0.3 is 15.1 Å². The van der Waals surface area contributed by atoms with Crippen LogP contribution in [0.5, 0.6) is 0 Å². The molecule has 1 atom stereocenters. The van der Waals surface area contributed by atoms with Gasteiger partial charge in [-0.25, -0.2) is 0 Å². The van der Waals surface area contributed by atoms with E-state index in [0.717, 1.165) is 5.56 Å². The van der Waals surface area contributed by atoms with Crippen LogP contribution in [0.3, 0.4) is 0 Å². The second-order valence-corrected chi connectivity index (χ2v) is 6.31. The second-order valence-electron chi connectivity index (χ2n) is 5.88. The second kappa shape index (κ2) is 7.92. The highest BCUT2D eigenvalue weighted by Crippen LogP contribution is 2.17. The number of benzene rings is 1. The van der Waals surface area contributed by atoms with E-state index in [4.69, 9.17) is 11.6 Å². The van der Waals surface area contributed by atoms with Gasteiger partial charge in [0.1, 0.15) is 0 Å². The lowest BCUT2D eigenvalue weighted by Gasteiger charge is -2.31. The molecular formula is C16H23ClN2O3. The van der Waals surface area contributed by atoms with Crippen molar-refractivity contribution in [1.29, 1.82) is 0 Å². The van der Waals surface area contributed by atoms with Gasteiger partial charge in [0.25, 0.3) is 0 Å². The van der Waals surface area contributed by atoms with Crippen LogP contribution in [0, 0.1) is 0 Å². The van der Waals surface area contributed by atoms with E-state index in [2.05, 4.69) is 0 Å². The van der Waals surface area contributed by atoms with Gasteiger partial charge in [-0.1, -0.05) is 23.7 Å². The zero-order valence-corrected chi connectivity index (χ0v) is 13.5. The number of likely N-dealkylation sites (tertiary alicyclic amines) is 1. The third kappa shape index (κ3) is 4.95. The summed E-state index contributed by atoms with van der Waals surface area (Å²) in [6.45, 7) is 1.85. The molecular weight excluding hydrogens is 304 g/mol. The van der Waals surface area contributed by atoms with Crippen molar-refractivity contribution >= 4 is 17.5 Å². The maximum Gasteiger partial charge on any atom is 0.236 e. The third-order valence-corrected chi connectivity index (χ3v) is 4.21. The first-order chi connectivity index (χ1) is 10.5. The van der Waals surface area contributed by atoms with Crippen molar-refractivity contribution in [3.63, 3.8) is 0 Å². The minimum absolute atomic E-state index is 0.0395. The Hall–Kier alpha value is -1.14. The molecule has 1 saturated heterocycles. The Morgan fingerprint density at radius 1 is 1.36 bits per heavy atom. The summed E-state index contributed by atoms with van der Waals surface area (Å²) in [5.74, 6) is 0.0395. The molecule has 1 fully saturated rings. The topological polar surface area (TPSA) is 64.0 Å². The maximum absolute atomic E-state index is 12.2. The first-order valence-electron chi connectivity index (χ1n) is 7.53. The molecule has 22 heavy (non-hydrogen) atoms. The molecule has 0 aliphatic carbocycles. The summed E-state index contributed by atoms with van der Waals surface area (Å²) >= 11 is 5.83. The smallest absolute Gasteiger partial charge is 0.236 e. The first kappa shape index (κ1) is 17.2. The lowest BCUT2D eigenvalue weighted by molar-refractivity contribution is -0.134. The quantitative estimate of drug-likeness (QED) is 0.856. The Labute approximate surface area is 136 Å². The molecule has 1 heterocycles. The largest absolute Gasteiger partial charge is 0.393 e. The zero-order valence-electron chi connectivity index (χ0n) is 12.8. The Bertz CT molecular complexity index is 487. The Morgan fingerprint density at radius 2 is 1.95 bits per heavy atom. The van der Waals surface area contributed by atoms with Crippen molar-refractivity contribution in [2.75, 3.05) is 33.2 Å². The number of aliphatic hydroxyl groups is 2. The number of piperidine rings is 1. The monoisotopic (exact) mass is 326 g/mol. The van der Waals surface area contributed by atoms with E-state index >= 15 is 0 Å². The van der Waals surface area contributed by atoms with Crippen LogP contribution in [0.25, 0.3) is 0 Å². The first-order valence-corrected chi connectivity index (χ1v) is 7.91. The molecule has 5 nitrogen and oxygen atoms in total. The molecule has 6 heteroatoms. The van der Waals surface area contributed by atoms with Gasteiger partial charge >= 0.3 is 0 Å². The van der Waals surface area contributed by atoms with Gasteiger partial charge in [-0.2, -0.15) is 0 Å². The summed E-state index contributed by atoms with van der Waals surface area (Å²) in [6.07, 6.45) is 0.345. The number of carbonyl (C=O) groups excluding carboxylic acids is 1. The molecule has 0 spiro atoms. The normalized spacial score (nSPS) is 17.8. The van der Waals surface area contributed by atoms with Gasteiger partial charge in [-0.05, 0) is 37.6 Å². The summed E-state index contributed by atoms with van der Waals surface area (Å²) < 4.78 is 0. The number of nitrogens with zero attached hydrogens (tertiary/aromatic N) is 2. The highest BCUT2D eigenvalue weighted by molar-refractivity contribution is 6.30. The number of hydrogen-bond donors (Lipinski definition) is 2. The van der Waals surface area contributed by atoms with Crippen molar-refractivity contribution in [3.05, 3.63) is 34.9 Å². The van der Waals surface area contributed by atoms with Gasteiger partial charge in [0, 0.05) is 24.7 Å². The van der Waals surface area contributed by atoms with E-state index in [9.17, 15) is 15.0 Å². The van der Waals surface area contributed by atoms with Crippen molar-refractivity contribution in [3.8, 4) is 0 Å². The summed E-state index contributed by atoms with van der Waals surface area (Å²) in [5.41, 5.74) is 0.782. The van der Waals surface area contributed by atoms with Crippen LogP contribution >= 0.6 is 11.6 Å². The third-order valence-electron chi connectivity index (χ3n) is 3.96. The summed E-state index contributed by atoms with van der Waals surface area (Å²) in [7, 11) is 1.82. The number of hydrogen-bond acceptors (Lipinski definition) is 4. The van der Waals surface area contributed by atoms with E-state index in [-0.39, 0.29) is 18.6 Å². The van der Waals surface area contributed by atoms with Gasteiger partial charge in [0.2, 0.25) is 5.91 Å². The molecule has 1 aliphatic heterocycles. The number of carbonyl (C=O) groups is 1. The minimum atomic E-state index is -0.654. The molecule has 1 aromatic carbocycles. The van der Waals surface area contributed by atoms with Crippen LogP contribution < -0.4 is 0 Å². The Morgan fingerprint density at radius 3 is 2.55 bits per heavy atom. The van der Waals surface area contributed by atoms with Gasteiger partial charge in [-0.3, -0.25) is 9.69 Å². The van der Waals surface area contributed by atoms with E-state index in [1.165, 1.54) is 0 Å². The molecule has 1 unspecified atom stereocenters. The van der Waals surface area contributed by atoms with Gasteiger partial charge in [0.05, 0.1) is 18.8 Å². The van der Waals surface area contributed by atoms with Crippen LogP contribution in [0.1, 0.15) is 24.5 Å². The number of aliphatic hydroxyl groups excluding tert-OH is 2. The van der Waals surface area contributed by atoms with Crippen molar-refractivity contribution in [2.24, 2.45) is 0 Å². The van der Waals surface area contributed by atoms with E-state index in [1.54, 1.807) is 29.2 Å². The van der Waals surface area contributed by atoms with Crippen LogP contribution in [0.4, 0.5) is 0 Å². The summed E-state index contributed by atoms with van der Waals surface area (Å²) in [4.78, 5) is 15.8. The van der Waals surface area contributed by atoms with Crippen LogP contribution in [0.15, 0.2) is 24.3 Å². The summed E-state index contributed by atoms with van der Waals surface area (Å²) in [5, 5.41) is 20.3. The molecule has 2 rings (SSSR count). The van der Waals surface area contributed by atoms with Gasteiger partial charge in [-0.15, -0.1) is 0 Å². The average molecular weight is 327 g/mol. The molecule has 0 aromatic heterocycles. The average Bonchev–Trinajstić information content (AvgIpc) is 2.48. The van der Waals surface area contributed by atoms with E-state index in [1.807, 2.05) is 11.9 Å². The summed E-state index contributed by atoms with van der Waals surface area (Å²) in [6, 6.07) is 7.05. The van der Waals surface area contributed by atoms with E-state index in [0.29, 0.717) is 37.5 Å². The fourth-order valence-electron chi connectivity index (χ4n) is 2.60. The highest BCUT2D eigenvalue weighted by Gasteiger charge is 2.22. The maximum atomic E-state index is 12.2. The van der Waals surface area contributed by atoms with Gasteiger partial charge in [0.15, 0.2) is 0 Å². The lowest BCUT2D eigenvalue weighted by atomic mass is 10.1. The van der Waals surface area contributed by atoms with Crippen LogP contribution in [0.2, 0.25) is 5.02 Å². The SMILES string of the molecule is CN(CC(=O)N1CCC(O)CC1)CC(O)c1ccc(Cl)cc1. The van der Waals surface area contributed by atoms with Crippen molar-refractivity contribution in [1.82, 2.24) is 9.80 Å². The Balaban J connectivity index is 1.80. The van der Waals surface area contributed by atoms with Crippen molar-refractivity contribution in [2.45, 2.75) is 25.0 Å². The Kier molecular flexibility index (Phi) is 6.20. The van der Waals surface area contributed by atoms with Crippen LogP contribution in [-0.2, 0) is 4.79 Å². The molecule has 2 N–H and O–H groups in total. The minimum Gasteiger partial charge on any atom is -0.393 e. The number of likely N-dealkylation sites (N-methyl/N-ethyl adjacent to an activating group) is 1. The molecule has 1 aliphatic rings. The number of rotatable bonds is 5. The zero-order chi connectivity index (χ0) is 16.1. The highest BCUT2D eigenvalue weighted by atomic mass is 35.5. The van der Waals surface area contributed by atoms with Crippen molar-refractivity contribution < 1.29 is 15.0 Å². The number of amides is 1. The molecule has 0 bridgehead atoms. The molecule has 0 radical (unpaired) electrons. The molecule has 1 amide bonds. The molecule has 0 saturated carbocycles. The predicted octanol–water partition coefficient (Wildman–Crippen LogP) is 1.29.